The Labute approximate surface area is 239 Å². The number of pyridine rings is 2. The number of unbranched alkanes of at least 4 members (excludes halogenated alkanes) is 1. The number of nitrogens with one attached hydrogen (secondary N) is 1. The van der Waals surface area contributed by atoms with E-state index in [-0.39, 0.29) is 60.0 Å². The van der Waals surface area contributed by atoms with Crippen LogP contribution in [0.4, 0.5) is 10.2 Å². The third kappa shape index (κ3) is 5.87. The molecular weight excluding hydrogens is 547 g/mol. The fourth-order valence-electron chi connectivity index (χ4n) is 4.94. The molecule has 1 fully saturated rings. The van der Waals surface area contributed by atoms with Crippen molar-refractivity contribution in [3.63, 3.8) is 0 Å². The first-order valence-electron chi connectivity index (χ1n) is 13.6. The number of esters is 1. The van der Waals surface area contributed by atoms with E-state index < -0.39 is 17.5 Å². The van der Waals surface area contributed by atoms with Gasteiger partial charge in [-0.05, 0) is 31.9 Å². The number of piperazine rings is 1. The molecular formula is C28H29FN8O5. The minimum absolute atomic E-state index is 0.0496. The van der Waals surface area contributed by atoms with Gasteiger partial charge in [0.1, 0.15) is 5.82 Å². The first kappa shape index (κ1) is 28.5. The molecule has 4 aromatic heterocycles. The normalized spacial score (nSPS) is 13.4. The van der Waals surface area contributed by atoms with E-state index in [1.54, 1.807) is 25.3 Å². The Morgan fingerprint density at radius 3 is 2.52 bits per heavy atom. The highest BCUT2D eigenvalue weighted by atomic mass is 19.1. The Balaban J connectivity index is 1.23. The summed E-state index contributed by atoms with van der Waals surface area (Å²) in [6.45, 7) is 3.20. The summed E-state index contributed by atoms with van der Waals surface area (Å²) in [7, 11) is 0. The van der Waals surface area contributed by atoms with Gasteiger partial charge in [0.2, 0.25) is 0 Å². The molecule has 42 heavy (non-hydrogen) atoms. The summed E-state index contributed by atoms with van der Waals surface area (Å²) in [5.74, 6) is -1.96. The lowest BCUT2D eigenvalue weighted by molar-refractivity contribution is -0.143. The van der Waals surface area contributed by atoms with Crippen LogP contribution < -0.4 is 4.90 Å². The van der Waals surface area contributed by atoms with Gasteiger partial charge in [0.15, 0.2) is 17.4 Å². The molecule has 13 nitrogen and oxygen atoms in total. The van der Waals surface area contributed by atoms with Crippen molar-refractivity contribution in [3.8, 4) is 5.82 Å². The maximum absolute atomic E-state index is 14.8. The first-order valence-corrected chi connectivity index (χ1v) is 13.6. The number of hydrogen-bond acceptors (Lipinski definition) is 10. The standard InChI is InChI=1S/C28H29FN8O5/c1-2-42-22(39)8-4-3-7-21(38)18-6-5-9-30-26(18)35-12-14-36(15-13-35)28(41)25(40)19-16-31-24-23(19)20(29)17-32-27(24)37-11-10-33-34-37/h5-6,9-11,16-17,31H,2-4,7-8,12-15H2,1H3. The van der Waals surface area contributed by atoms with Crippen LogP contribution in [-0.4, -0.2) is 91.1 Å². The lowest BCUT2D eigenvalue weighted by atomic mass is 10.0. The number of rotatable bonds is 11. The van der Waals surface area contributed by atoms with Crippen LogP contribution in [0.5, 0.6) is 0 Å². The van der Waals surface area contributed by atoms with Crippen LogP contribution in [0.1, 0.15) is 53.3 Å². The fraction of sp³-hybridized carbons (Fsp3) is 0.357. The molecule has 5 rings (SSSR count). The zero-order chi connectivity index (χ0) is 29.6. The van der Waals surface area contributed by atoms with Crippen molar-refractivity contribution in [1.82, 2.24) is 34.8 Å². The van der Waals surface area contributed by atoms with E-state index in [9.17, 15) is 23.6 Å². The number of ether oxygens (including phenoxy) is 1. The van der Waals surface area contributed by atoms with Crippen LogP contribution in [0.25, 0.3) is 16.7 Å². The Hall–Kier alpha value is -5.01. The number of hydrogen-bond donors (Lipinski definition) is 1. The van der Waals surface area contributed by atoms with Crippen LogP contribution >= 0.6 is 0 Å². The van der Waals surface area contributed by atoms with Gasteiger partial charge in [-0.25, -0.2) is 19.0 Å². The Bertz CT molecular complexity index is 1610. The molecule has 0 atom stereocenters. The summed E-state index contributed by atoms with van der Waals surface area (Å²) in [5.41, 5.74) is 0.588. The number of anilines is 1. The molecule has 1 amide bonds. The van der Waals surface area contributed by atoms with E-state index in [2.05, 4.69) is 25.3 Å². The molecule has 4 aromatic rings. The number of ketones is 2. The predicted molar refractivity (Wildman–Crippen MR) is 148 cm³/mol. The van der Waals surface area contributed by atoms with Crippen molar-refractivity contribution in [2.24, 2.45) is 0 Å². The summed E-state index contributed by atoms with van der Waals surface area (Å²) >= 11 is 0. The number of carbonyl (C=O) groups is 4. The molecule has 1 saturated heterocycles. The molecule has 1 N–H and O–H groups in total. The number of fused-ring (bicyclic) bond motifs is 1. The number of H-pyrrole nitrogens is 1. The van der Waals surface area contributed by atoms with Crippen molar-refractivity contribution in [1.29, 1.82) is 0 Å². The van der Waals surface area contributed by atoms with Gasteiger partial charge in [-0.1, -0.05) is 5.21 Å². The average molecular weight is 577 g/mol. The second kappa shape index (κ2) is 12.7. The van der Waals surface area contributed by atoms with Crippen LogP contribution in [0.3, 0.4) is 0 Å². The van der Waals surface area contributed by atoms with Crippen LogP contribution in [0, 0.1) is 5.82 Å². The minimum Gasteiger partial charge on any atom is -0.466 e. The van der Waals surface area contributed by atoms with E-state index in [0.29, 0.717) is 43.9 Å². The minimum atomic E-state index is -0.846. The molecule has 0 saturated carbocycles. The van der Waals surface area contributed by atoms with E-state index in [0.717, 1.165) is 6.20 Å². The average Bonchev–Trinajstić information content (AvgIpc) is 3.71. The van der Waals surface area contributed by atoms with Gasteiger partial charge in [-0.15, -0.1) is 5.10 Å². The van der Waals surface area contributed by atoms with Crippen molar-refractivity contribution < 1.29 is 28.3 Å². The molecule has 0 aliphatic carbocycles. The highest BCUT2D eigenvalue weighted by Gasteiger charge is 2.31. The van der Waals surface area contributed by atoms with Gasteiger partial charge in [0.05, 0.1) is 47.2 Å². The monoisotopic (exact) mass is 576 g/mol. The predicted octanol–water partition coefficient (Wildman–Crippen LogP) is 2.52. The van der Waals surface area contributed by atoms with Crippen LogP contribution in [0.2, 0.25) is 0 Å². The number of aromatic nitrogens is 6. The molecule has 218 valence electrons. The van der Waals surface area contributed by atoms with Gasteiger partial charge in [0.25, 0.3) is 11.7 Å². The first-order chi connectivity index (χ1) is 20.4. The lowest BCUT2D eigenvalue weighted by Crippen LogP contribution is -2.51. The van der Waals surface area contributed by atoms with E-state index in [1.165, 1.54) is 28.2 Å². The van der Waals surface area contributed by atoms with Gasteiger partial charge >= 0.3 is 5.97 Å². The summed E-state index contributed by atoms with van der Waals surface area (Å²) in [5, 5.41) is 7.54. The Kier molecular flexibility index (Phi) is 8.60. The number of carbonyl (C=O) groups excluding carboxylic acids is 4. The molecule has 14 heteroatoms. The van der Waals surface area contributed by atoms with Gasteiger partial charge in [-0.2, -0.15) is 0 Å². The van der Waals surface area contributed by atoms with Crippen LogP contribution in [0.15, 0.2) is 43.1 Å². The number of halogens is 1. The number of amides is 1. The zero-order valence-corrected chi connectivity index (χ0v) is 23.0. The largest absolute Gasteiger partial charge is 0.466 e. The molecule has 1 aliphatic heterocycles. The molecule has 0 unspecified atom stereocenters. The van der Waals surface area contributed by atoms with Crippen molar-refractivity contribution in [3.05, 3.63) is 60.1 Å². The van der Waals surface area contributed by atoms with Gasteiger partial charge in [-0.3, -0.25) is 19.2 Å². The number of aromatic amines is 1. The third-order valence-corrected chi connectivity index (χ3v) is 7.01. The van der Waals surface area contributed by atoms with E-state index >= 15 is 0 Å². The quantitative estimate of drug-likeness (QED) is 0.122. The van der Waals surface area contributed by atoms with Crippen molar-refractivity contribution in [2.45, 2.75) is 32.6 Å². The van der Waals surface area contributed by atoms with Gasteiger partial charge < -0.3 is 19.5 Å². The summed E-state index contributed by atoms with van der Waals surface area (Å²) in [6, 6.07) is 3.41. The summed E-state index contributed by atoms with van der Waals surface area (Å²) in [4.78, 5) is 65.6. The maximum Gasteiger partial charge on any atom is 0.305 e. The molecule has 5 heterocycles. The lowest BCUT2D eigenvalue weighted by Gasteiger charge is -2.35. The second-order valence-corrected chi connectivity index (χ2v) is 9.65. The van der Waals surface area contributed by atoms with Gasteiger partial charge in [0, 0.05) is 51.4 Å². The Morgan fingerprint density at radius 2 is 1.79 bits per heavy atom. The summed E-state index contributed by atoms with van der Waals surface area (Å²) in [6.07, 6.45) is 8.45. The topological polar surface area (TPSA) is 156 Å². The van der Waals surface area contributed by atoms with Crippen molar-refractivity contribution in [2.75, 3.05) is 37.7 Å². The SMILES string of the molecule is CCOC(=O)CCCCC(=O)c1cccnc1N1CCN(C(=O)C(=O)c2c[nH]c3c(-n4ccnn4)ncc(F)c23)CC1. The van der Waals surface area contributed by atoms with Crippen LogP contribution in [-0.2, 0) is 14.3 Å². The molecule has 1 aliphatic rings. The highest BCUT2D eigenvalue weighted by Crippen LogP contribution is 2.27. The molecule has 0 aromatic carbocycles. The highest BCUT2D eigenvalue weighted by molar-refractivity contribution is 6.45. The maximum atomic E-state index is 14.8. The molecule has 0 radical (unpaired) electrons. The van der Waals surface area contributed by atoms with Crippen molar-refractivity contribution >= 4 is 40.2 Å². The van der Waals surface area contributed by atoms with E-state index in [1.807, 2.05) is 4.90 Å². The number of nitrogens with zero attached hydrogens (tertiary/aromatic N) is 7. The molecule has 0 spiro atoms. The number of Topliss-reactive ketones (excluding diaryl/α,β-unsaturated/α-hetero) is 2. The Morgan fingerprint density at radius 1 is 1.00 bits per heavy atom. The fourth-order valence-corrected chi connectivity index (χ4v) is 4.94. The third-order valence-electron chi connectivity index (χ3n) is 7.01. The summed E-state index contributed by atoms with van der Waals surface area (Å²) < 4.78 is 21.1. The smallest absolute Gasteiger partial charge is 0.305 e. The second-order valence-electron chi connectivity index (χ2n) is 9.65. The van der Waals surface area contributed by atoms with E-state index in [4.69, 9.17) is 4.74 Å². The molecule has 0 bridgehead atoms. The zero-order valence-electron chi connectivity index (χ0n) is 23.0.